The van der Waals surface area contributed by atoms with Gasteiger partial charge in [-0.1, -0.05) is 23.4 Å². The number of aryl methyl sites for hydroxylation is 1. The largest absolute Gasteiger partial charge is 0.356 e. The Balaban J connectivity index is 1.70. The van der Waals surface area contributed by atoms with Gasteiger partial charge < -0.3 is 15.2 Å². The van der Waals surface area contributed by atoms with Crippen LogP contribution in [0.1, 0.15) is 17.3 Å². The van der Waals surface area contributed by atoms with E-state index in [1.807, 2.05) is 6.07 Å². The first-order valence-corrected chi connectivity index (χ1v) is 7.16. The van der Waals surface area contributed by atoms with Gasteiger partial charge in [0.1, 0.15) is 5.82 Å². The summed E-state index contributed by atoms with van der Waals surface area (Å²) < 4.78 is 18.5. The number of nitrogens with zero attached hydrogens (tertiary/aromatic N) is 3. The highest BCUT2D eigenvalue weighted by atomic mass is 19.1. The minimum atomic E-state index is -0.181. The second-order valence-corrected chi connectivity index (χ2v) is 4.75. The molecule has 1 aromatic heterocycles. The molecule has 0 amide bonds. The van der Waals surface area contributed by atoms with Gasteiger partial charge in [0.15, 0.2) is 11.8 Å². The maximum atomic E-state index is 13.5. The number of benzene rings is 1. The van der Waals surface area contributed by atoms with E-state index in [2.05, 4.69) is 25.8 Å². The Kier molecular flexibility index (Phi) is 5.88. The van der Waals surface area contributed by atoms with Crippen molar-refractivity contribution >= 4 is 5.96 Å². The number of halogens is 1. The second-order valence-electron chi connectivity index (χ2n) is 4.75. The SMILES string of the molecule is CN=C(NCCc1nc(C)no1)NCCc1ccccc1F. The van der Waals surface area contributed by atoms with Gasteiger partial charge in [-0.2, -0.15) is 4.98 Å². The summed E-state index contributed by atoms with van der Waals surface area (Å²) in [6.07, 6.45) is 1.21. The van der Waals surface area contributed by atoms with Gasteiger partial charge in [-0.15, -0.1) is 0 Å². The van der Waals surface area contributed by atoms with Gasteiger partial charge in [0.25, 0.3) is 0 Å². The van der Waals surface area contributed by atoms with Crippen LogP contribution >= 0.6 is 0 Å². The summed E-state index contributed by atoms with van der Waals surface area (Å²) >= 11 is 0. The van der Waals surface area contributed by atoms with Gasteiger partial charge in [0, 0.05) is 26.6 Å². The van der Waals surface area contributed by atoms with Crippen molar-refractivity contribution in [1.29, 1.82) is 0 Å². The zero-order valence-corrected chi connectivity index (χ0v) is 12.8. The van der Waals surface area contributed by atoms with Crippen molar-refractivity contribution < 1.29 is 8.91 Å². The average Bonchev–Trinajstić information content (AvgIpc) is 2.93. The minimum Gasteiger partial charge on any atom is -0.356 e. The Morgan fingerprint density at radius 1 is 1.23 bits per heavy atom. The fraction of sp³-hybridized carbons (Fsp3) is 0.400. The van der Waals surface area contributed by atoms with E-state index in [0.29, 0.717) is 49.2 Å². The zero-order valence-electron chi connectivity index (χ0n) is 12.8. The highest BCUT2D eigenvalue weighted by molar-refractivity contribution is 5.79. The number of hydrogen-bond donors (Lipinski definition) is 2. The van der Waals surface area contributed by atoms with E-state index < -0.39 is 0 Å². The monoisotopic (exact) mass is 305 g/mol. The van der Waals surface area contributed by atoms with E-state index in [1.54, 1.807) is 26.1 Å². The topological polar surface area (TPSA) is 75.3 Å². The van der Waals surface area contributed by atoms with E-state index in [4.69, 9.17) is 4.52 Å². The van der Waals surface area contributed by atoms with Gasteiger partial charge in [0.2, 0.25) is 5.89 Å². The Hall–Kier alpha value is -2.44. The van der Waals surface area contributed by atoms with Crippen LogP contribution in [0.5, 0.6) is 0 Å². The fourth-order valence-electron chi connectivity index (χ4n) is 1.97. The van der Waals surface area contributed by atoms with E-state index in [0.717, 1.165) is 0 Å². The van der Waals surface area contributed by atoms with Gasteiger partial charge >= 0.3 is 0 Å². The standard InChI is InChI=1S/C15H20FN5O/c1-11-20-14(22-21-11)8-10-19-15(17-2)18-9-7-12-5-3-4-6-13(12)16/h3-6H,7-10H2,1-2H3,(H2,17,18,19). The lowest BCUT2D eigenvalue weighted by atomic mass is 10.1. The van der Waals surface area contributed by atoms with Crippen LogP contribution < -0.4 is 10.6 Å². The van der Waals surface area contributed by atoms with Gasteiger partial charge in [0.05, 0.1) is 0 Å². The molecule has 0 saturated heterocycles. The van der Waals surface area contributed by atoms with Crippen molar-refractivity contribution in [1.82, 2.24) is 20.8 Å². The molecule has 0 aliphatic carbocycles. The lowest BCUT2D eigenvalue weighted by Gasteiger charge is -2.11. The Labute approximate surface area is 128 Å². The van der Waals surface area contributed by atoms with Crippen LogP contribution in [0, 0.1) is 12.7 Å². The third kappa shape index (κ3) is 4.83. The van der Waals surface area contributed by atoms with Gasteiger partial charge in [-0.05, 0) is 25.0 Å². The Morgan fingerprint density at radius 3 is 2.59 bits per heavy atom. The first-order chi connectivity index (χ1) is 10.7. The van der Waals surface area contributed by atoms with Crippen LogP contribution in [-0.4, -0.2) is 36.2 Å². The molecule has 1 aromatic carbocycles. The van der Waals surface area contributed by atoms with Gasteiger partial charge in [-0.25, -0.2) is 4.39 Å². The van der Waals surface area contributed by atoms with Crippen molar-refractivity contribution in [3.63, 3.8) is 0 Å². The molecule has 0 fully saturated rings. The summed E-state index contributed by atoms with van der Waals surface area (Å²) in [4.78, 5) is 8.24. The van der Waals surface area contributed by atoms with Crippen LogP contribution in [0.15, 0.2) is 33.8 Å². The maximum absolute atomic E-state index is 13.5. The van der Waals surface area contributed by atoms with Crippen LogP contribution in [0.2, 0.25) is 0 Å². The lowest BCUT2D eigenvalue weighted by molar-refractivity contribution is 0.374. The molecular formula is C15H20FN5O. The van der Waals surface area contributed by atoms with Crippen LogP contribution in [0.3, 0.4) is 0 Å². The van der Waals surface area contributed by atoms with E-state index in [9.17, 15) is 4.39 Å². The Morgan fingerprint density at radius 2 is 1.95 bits per heavy atom. The van der Waals surface area contributed by atoms with E-state index in [1.165, 1.54) is 6.07 Å². The smallest absolute Gasteiger partial charge is 0.228 e. The number of aliphatic imine (C=N–C) groups is 1. The lowest BCUT2D eigenvalue weighted by Crippen LogP contribution is -2.39. The minimum absolute atomic E-state index is 0.181. The average molecular weight is 305 g/mol. The summed E-state index contributed by atoms with van der Waals surface area (Å²) in [5.74, 6) is 1.70. The van der Waals surface area contributed by atoms with Crippen LogP contribution in [-0.2, 0) is 12.8 Å². The Bertz CT molecular complexity index is 626. The van der Waals surface area contributed by atoms with Crippen LogP contribution in [0.4, 0.5) is 4.39 Å². The molecule has 2 aromatic rings. The molecule has 0 spiro atoms. The third-order valence-corrected chi connectivity index (χ3v) is 3.07. The number of aromatic nitrogens is 2. The van der Waals surface area contributed by atoms with Crippen molar-refractivity contribution in [2.24, 2.45) is 4.99 Å². The van der Waals surface area contributed by atoms with Crippen molar-refractivity contribution in [2.75, 3.05) is 20.1 Å². The number of guanidine groups is 1. The molecule has 0 unspecified atom stereocenters. The predicted octanol–water partition coefficient (Wildman–Crippen LogP) is 1.47. The van der Waals surface area contributed by atoms with Crippen molar-refractivity contribution in [2.45, 2.75) is 19.8 Å². The molecule has 0 radical (unpaired) electrons. The van der Waals surface area contributed by atoms with Gasteiger partial charge in [-0.3, -0.25) is 4.99 Å². The molecule has 2 N–H and O–H groups in total. The molecule has 1 heterocycles. The molecule has 118 valence electrons. The summed E-state index contributed by atoms with van der Waals surface area (Å²) in [7, 11) is 1.69. The highest BCUT2D eigenvalue weighted by Gasteiger charge is 2.04. The predicted molar refractivity (Wildman–Crippen MR) is 82.2 cm³/mol. The van der Waals surface area contributed by atoms with E-state index >= 15 is 0 Å². The number of hydrogen-bond acceptors (Lipinski definition) is 4. The first-order valence-electron chi connectivity index (χ1n) is 7.16. The molecule has 0 saturated carbocycles. The quantitative estimate of drug-likeness (QED) is 0.624. The number of rotatable bonds is 6. The van der Waals surface area contributed by atoms with Crippen LogP contribution in [0.25, 0.3) is 0 Å². The molecule has 0 atom stereocenters. The normalized spacial score (nSPS) is 11.5. The maximum Gasteiger partial charge on any atom is 0.228 e. The highest BCUT2D eigenvalue weighted by Crippen LogP contribution is 2.06. The zero-order chi connectivity index (χ0) is 15.8. The van der Waals surface area contributed by atoms with E-state index in [-0.39, 0.29) is 5.82 Å². The molecule has 0 bridgehead atoms. The molecular weight excluding hydrogens is 285 g/mol. The van der Waals surface area contributed by atoms with Crippen molar-refractivity contribution in [3.8, 4) is 0 Å². The molecule has 6 nitrogen and oxygen atoms in total. The number of nitrogens with one attached hydrogen (secondary N) is 2. The summed E-state index contributed by atoms with van der Waals surface area (Å²) in [6.45, 7) is 3.00. The second kappa shape index (κ2) is 8.11. The summed E-state index contributed by atoms with van der Waals surface area (Å²) in [5.41, 5.74) is 0.687. The third-order valence-electron chi connectivity index (χ3n) is 3.07. The fourth-order valence-corrected chi connectivity index (χ4v) is 1.97. The molecule has 0 aliphatic heterocycles. The molecule has 7 heteroatoms. The molecule has 22 heavy (non-hydrogen) atoms. The molecule has 0 aliphatic rings. The first kappa shape index (κ1) is 15.9. The molecule has 2 rings (SSSR count). The summed E-state index contributed by atoms with van der Waals surface area (Å²) in [5, 5.41) is 10.0. The summed E-state index contributed by atoms with van der Waals surface area (Å²) in [6, 6.07) is 6.77. The van der Waals surface area contributed by atoms with Crippen molar-refractivity contribution in [3.05, 3.63) is 47.4 Å².